The number of carbonyl (C=O) groups is 1. The summed E-state index contributed by atoms with van der Waals surface area (Å²) in [5, 5.41) is 9.33. The number of hydrogen-bond acceptors (Lipinski definition) is 2. The molecule has 0 saturated heterocycles. The number of allylic oxidation sites excluding steroid dienone is 2. The van der Waals surface area contributed by atoms with Crippen LogP contribution in [0.3, 0.4) is 0 Å². The van der Waals surface area contributed by atoms with Crippen molar-refractivity contribution in [2.45, 2.75) is 38.7 Å². The molecule has 74 valence electrons. The number of rotatable bonds is 7. The topological polar surface area (TPSA) is 37.3 Å². The van der Waals surface area contributed by atoms with Crippen LogP contribution in [0.15, 0.2) is 24.8 Å². The van der Waals surface area contributed by atoms with E-state index in [0.29, 0.717) is 6.42 Å². The molecule has 2 heteroatoms. The first-order valence-corrected chi connectivity index (χ1v) is 4.68. The van der Waals surface area contributed by atoms with Gasteiger partial charge in [-0.25, -0.2) is 0 Å². The molecular formula is C11H18O2. The lowest BCUT2D eigenvalue weighted by atomic mass is 10.1. The van der Waals surface area contributed by atoms with E-state index in [0.717, 1.165) is 12.8 Å². The van der Waals surface area contributed by atoms with Gasteiger partial charge in [0.25, 0.3) is 0 Å². The average Bonchev–Trinajstić information content (AvgIpc) is 2.05. The fraction of sp³-hybridized carbons (Fsp3) is 0.545. The van der Waals surface area contributed by atoms with Gasteiger partial charge in [0.1, 0.15) is 5.78 Å². The van der Waals surface area contributed by atoms with Gasteiger partial charge in [-0.15, -0.1) is 6.58 Å². The fourth-order valence-corrected chi connectivity index (χ4v) is 0.966. The Kier molecular flexibility index (Phi) is 7.21. The lowest BCUT2D eigenvalue weighted by Crippen LogP contribution is -2.09. The summed E-state index contributed by atoms with van der Waals surface area (Å²) < 4.78 is 0. The smallest absolute Gasteiger partial charge is 0.139 e. The first kappa shape index (κ1) is 12.1. The monoisotopic (exact) mass is 182 g/mol. The Bertz CT molecular complexity index is 183. The van der Waals surface area contributed by atoms with Crippen molar-refractivity contribution in [2.75, 3.05) is 0 Å². The quantitative estimate of drug-likeness (QED) is 0.613. The Morgan fingerprint density at radius 1 is 1.62 bits per heavy atom. The molecule has 0 amide bonds. The minimum absolute atomic E-state index is 0.0312. The van der Waals surface area contributed by atoms with E-state index in [9.17, 15) is 9.90 Å². The molecule has 0 aliphatic carbocycles. The summed E-state index contributed by atoms with van der Waals surface area (Å²) in [7, 11) is 0. The molecule has 0 bridgehead atoms. The van der Waals surface area contributed by atoms with Crippen LogP contribution < -0.4 is 0 Å². The molecule has 0 fully saturated rings. The first-order chi connectivity index (χ1) is 6.20. The zero-order chi connectivity index (χ0) is 10.1. The summed E-state index contributed by atoms with van der Waals surface area (Å²) in [6.45, 7) is 5.53. The van der Waals surface area contributed by atoms with Gasteiger partial charge in [0.2, 0.25) is 0 Å². The van der Waals surface area contributed by atoms with Crippen molar-refractivity contribution in [3.05, 3.63) is 24.8 Å². The SMILES string of the molecule is C=CCC(=O)CC(O)/C=C/CCC. The van der Waals surface area contributed by atoms with Crippen LogP contribution in [-0.2, 0) is 4.79 Å². The largest absolute Gasteiger partial charge is 0.389 e. The molecule has 0 heterocycles. The minimum atomic E-state index is -0.626. The molecule has 1 N–H and O–H groups in total. The van der Waals surface area contributed by atoms with Gasteiger partial charge in [0, 0.05) is 12.8 Å². The van der Waals surface area contributed by atoms with Crippen molar-refractivity contribution in [1.29, 1.82) is 0 Å². The second-order valence-electron chi connectivity index (χ2n) is 3.02. The van der Waals surface area contributed by atoms with Crippen LogP contribution in [0.2, 0.25) is 0 Å². The Morgan fingerprint density at radius 2 is 2.31 bits per heavy atom. The molecule has 0 aliphatic heterocycles. The Hall–Kier alpha value is -0.890. The molecule has 1 atom stereocenters. The standard InChI is InChI=1S/C11H18O2/c1-3-5-6-8-11(13)9-10(12)7-4-2/h4,6,8,11,13H,2-3,5,7,9H2,1H3/b8-6+. The maximum atomic E-state index is 11.0. The lowest BCUT2D eigenvalue weighted by molar-refractivity contribution is -0.119. The van der Waals surface area contributed by atoms with E-state index in [2.05, 4.69) is 13.5 Å². The van der Waals surface area contributed by atoms with Crippen molar-refractivity contribution >= 4 is 5.78 Å². The lowest BCUT2D eigenvalue weighted by Gasteiger charge is -2.02. The van der Waals surface area contributed by atoms with Crippen LogP contribution in [0, 0.1) is 0 Å². The van der Waals surface area contributed by atoms with Crippen molar-refractivity contribution in [3.63, 3.8) is 0 Å². The van der Waals surface area contributed by atoms with Gasteiger partial charge in [0.15, 0.2) is 0 Å². The van der Waals surface area contributed by atoms with Gasteiger partial charge >= 0.3 is 0 Å². The van der Waals surface area contributed by atoms with Crippen molar-refractivity contribution in [3.8, 4) is 0 Å². The van der Waals surface area contributed by atoms with Crippen molar-refractivity contribution < 1.29 is 9.90 Å². The molecule has 0 aromatic rings. The van der Waals surface area contributed by atoms with Crippen LogP contribution in [0.1, 0.15) is 32.6 Å². The van der Waals surface area contributed by atoms with Gasteiger partial charge in [-0.1, -0.05) is 31.6 Å². The number of aliphatic hydroxyl groups is 1. The van der Waals surface area contributed by atoms with Crippen molar-refractivity contribution in [1.82, 2.24) is 0 Å². The normalized spacial score (nSPS) is 13.1. The van der Waals surface area contributed by atoms with E-state index in [1.165, 1.54) is 0 Å². The zero-order valence-electron chi connectivity index (χ0n) is 8.20. The van der Waals surface area contributed by atoms with E-state index in [1.54, 1.807) is 12.2 Å². The summed E-state index contributed by atoms with van der Waals surface area (Å²) in [6.07, 6.45) is 7.08. The van der Waals surface area contributed by atoms with E-state index in [-0.39, 0.29) is 12.2 Å². The van der Waals surface area contributed by atoms with Gasteiger partial charge in [-0.2, -0.15) is 0 Å². The summed E-state index contributed by atoms with van der Waals surface area (Å²) >= 11 is 0. The maximum Gasteiger partial charge on any atom is 0.139 e. The molecular weight excluding hydrogens is 164 g/mol. The maximum absolute atomic E-state index is 11.0. The second-order valence-corrected chi connectivity index (χ2v) is 3.02. The third kappa shape index (κ3) is 7.47. The average molecular weight is 182 g/mol. The molecule has 0 aromatic carbocycles. The zero-order valence-corrected chi connectivity index (χ0v) is 8.20. The Balaban J connectivity index is 3.66. The highest BCUT2D eigenvalue weighted by atomic mass is 16.3. The number of unbranched alkanes of at least 4 members (excludes halogenated alkanes) is 1. The Morgan fingerprint density at radius 3 is 2.85 bits per heavy atom. The van der Waals surface area contributed by atoms with Gasteiger partial charge in [-0.05, 0) is 6.42 Å². The molecule has 0 spiro atoms. The molecule has 0 rings (SSSR count). The molecule has 0 saturated carbocycles. The molecule has 13 heavy (non-hydrogen) atoms. The summed E-state index contributed by atoms with van der Waals surface area (Å²) in [5.74, 6) is 0.0312. The molecule has 0 radical (unpaired) electrons. The number of aliphatic hydroxyl groups excluding tert-OH is 1. The van der Waals surface area contributed by atoms with E-state index in [4.69, 9.17) is 0 Å². The number of carbonyl (C=O) groups excluding carboxylic acids is 1. The number of Topliss-reactive ketones (excluding diaryl/α,β-unsaturated/α-hetero) is 1. The van der Waals surface area contributed by atoms with E-state index in [1.807, 2.05) is 6.08 Å². The summed E-state index contributed by atoms with van der Waals surface area (Å²) in [5.41, 5.74) is 0. The van der Waals surface area contributed by atoms with Crippen LogP contribution in [-0.4, -0.2) is 17.0 Å². The van der Waals surface area contributed by atoms with Crippen LogP contribution in [0.25, 0.3) is 0 Å². The summed E-state index contributed by atoms with van der Waals surface area (Å²) in [4.78, 5) is 11.0. The molecule has 1 unspecified atom stereocenters. The van der Waals surface area contributed by atoms with Crippen LogP contribution in [0.5, 0.6) is 0 Å². The Labute approximate surface area is 80.0 Å². The highest BCUT2D eigenvalue weighted by Crippen LogP contribution is 2.00. The van der Waals surface area contributed by atoms with E-state index >= 15 is 0 Å². The van der Waals surface area contributed by atoms with Crippen molar-refractivity contribution in [2.24, 2.45) is 0 Å². The van der Waals surface area contributed by atoms with Gasteiger partial charge in [0.05, 0.1) is 6.10 Å². The minimum Gasteiger partial charge on any atom is -0.389 e. The highest BCUT2D eigenvalue weighted by molar-refractivity contribution is 5.80. The van der Waals surface area contributed by atoms with E-state index < -0.39 is 6.10 Å². The molecule has 0 aliphatic rings. The fourth-order valence-electron chi connectivity index (χ4n) is 0.966. The van der Waals surface area contributed by atoms with Gasteiger partial charge in [-0.3, -0.25) is 4.79 Å². The molecule has 2 nitrogen and oxygen atoms in total. The van der Waals surface area contributed by atoms with Gasteiger partial charge < -0.3 is 5.11 Å². The van der Waals surface area contributed by atoms with Crippen LogP contribution >= 0.6 is 0 Å². The predicted molar refractivity (Wildman–Crippen MR) is 54.5 cm³/mol. The summed E-state index contributed by atoms with van der Waals surface area (Å²) in [6, 6.07) is 0. The van der Waals surface area contributed by atoms with Crippen LogP contribution in [0.4, 0.5) is 0 Å². The third-order valence-corrected chi connectivity index (χ3v) is 1.62. The number of hydrogen-bond donors (Lipinski definition) is 1. The second kappa shape index (κ2) is 7.74. The third-order valence-electron chi connectivity index (χ3n) is 1.62. The predicted octanol–water partition coefficient (Wildman–Crippen LogP) is 2.24. The first-order valence-electron chi connectivity index (χ1n) is 4.68. The molecule has 0 aromatic heterocycles. The number of ketones is 1. The highest BCUT2D eigenvalue weighted by Gasteiger charge is 2.05.